The Morgan fingerprint density at radius 1 is 1.15 bits per heavy atom. The molecule has 5 rings (SSSR count). The van der Waals surface area contributed by atoms with Crippen molar-refractivity contribution in [2.45, 2.75) is 51.7 Å². The third-order valence-corrected chi connectivity index (χ3v) is 7.58. The second-order valence-electron chi connectivity index (χ2n) is 9.99. The smallest absolute Gasteiger partial charge is 0.197 e. The van der Waals surface area contributed by atoms with Gasteiger partial charge in [0.05, 0.1) is 6.10 Å². The molecule has 33 heavy (non-hydrogen) atoms. The lowest BCUT2D eigenvalue weighted by molar-refractivity contribution is -0.137. The second kappa shape index (κ2) is 7.89. The zero-order valence-electron chi connectivity index (χ0n) is 19.5. The molecule has 2 aliphatic rings. The summed E-state index contributed by atoms with van der Waals surface area (Å²) in [7, 11) is 1.56. The Bertz CT molecular complexity index is 1240. The van der Waals surface area contributed by atoms with Crippen LogP contribution < -0.4 is 14.9 Å². The maximum Gasteiger partial charge on any atom is 0.197 e. The first-order valence-electron chi connectivity index (χ1n) is 11.4. The fourth-order valence-electron chi connectivity index (χ4n) is 5.63. The van der Waals surface area contributed by atoms with E-state index in [4.69, 9.17) is 18.6 Å². The maximum atomic E-state index is 13.4. The quantitative estimate of drug-likeness (QED) is 0.568. The van der Waals surface area contributed by atoms with Gasteiger partial charge in [0.15, 0.2) is 12.2 Å². The summed E-state index contributed by atoms with van der Waals surface area (Å²) in [5.74, 6) is 1.65. The minimum absolute atomic E-state index is 0.0548. The highest BCUT2D eigenvalue weighted by atomic mass is 16.7. The van der Waals surface area contributed by atoms with Crippen LogP contribution in [0.3, 0.4) is 0 Å². The van der Waals surface area contributed by atoms with Gasteiger partial charge >= 0.3 is 0 Å². The van der Waals surface area contributed by atoms with E-state index in [1.54, 1.807) is 13.2 Å². The highest BCUT2D eigenvalue weighted by Crippen LogP contribution is 2.55. The third kappa shape index (κ3) is 3.52. The van der Waals surface area contributed by atoms with Crippen molar-refractivity contribution in [3.8, 4) is 22.8 Å². The second-order valence-corrected chi connectivity index (χ2v) is 9.99. The number of methoxy groups -OCH3 is 1. The largest absolute Gasteiger partial charge is 0.486 e. The van der Waals surface area contributed by atoms with Gasteiger partial charge in [-0.2, -0.15) is 0 Å². The molecule has 1 aliphatic heterocycles. The summed E-state index contributed by atoms with van der Waals surface area (Å²) in [6.45, 7) is 6.33. The molecular weight excluding hydrogens is 420 g/mol. The van der Waals surface area contributed by atoms with Gasteiger partial charge in [-0.3, -0.25) is 4.79 Å². The Labute approximate surface area is 193 Å². The topological polar surface area (TPSA) is 78.1 Å². The van der Waals surface area contributed by atoms with E-state index in [2.05, 4.69) is 20.8 Å². The molecule has 1 aromatic heterocycles. The molecule has 2 aromatic carbocycles. The summed E-state index contributed by atoms with van der Waals surface area (Å²) < 4.78 is 24.0. The number of aliphatic hydroxyl groups is 1. The molecule has 6 nitrogen and oxygen atoms in total. The Kier molecular flexibility index (Phi) is 5.26. The lowest BCUT2D eigenvalue weighted by Gasteiger charge is -2.55. The molecule has 1 fully saturated rings. The molecule has 1 saturated carbocycles. The third-order valence-electron chi connectivity index (χ3n) is 7.58. The highest BCUT2D eigenvalue weighted by molar-refractivity contribution is 5.89. The van der Waals surface area contributed by atoms with Gasteiger partial charge < -0.3 is 23.7 Å². The van der Waals surface area contributed by atoms with Gasteiger partial charge in [-0.05, 0) is 31.6 Å². The molecule has 0 amide bonds. The molecule has 0 unspecified atom stereocenters. The number of hydrogen-bond donors (Lipinski definition) is 1. The lowest BCUT2D eigenvalue weighted by atomic mass is 9.57. The van der Waals surface area contributed by atoms with Crippen molar-refractivity contribution in [2.24, 2.45) is 11.3 Å². The van der Waals surface area contributed by atoms with Crippen LogP contribution in [-0.2, 0) is 11.2 Å². The van der Waals surface area contributed by atoms with Crippen LogP contribution in [0, 0.1) is 11.3 Å². The molecule has 2 heterocycles. The lowest BCUT2D eigenvalue weighted by Crippen LogP contribution is -2.58. The summed E-state index contributed by atoms with van der Waals surface area (Å²) in [5.41, 5.74) is 1.06. The van der Waals surface area contributed by atoms with Crippen LogP contribution >= 0.6 is 0 Å². The Morgan fingerprint density at radius 2 is 1.91 bits per heavy atom. The van der Waals surface area contributed by atoms with Crippen LogP contribution in [0.1, 0.15) is 39.2 Å². The normalized spacial score (nSPS) is 25.7. The highest BCUT2D eigenvalue weighted by Gasteiger charge is 2.55. The number of ether oxygens (including phenoxy) is 3. The van der Waals surface area contributed by atoms with E-state index >= 15 is 0 Å². The number of hydrogen-bond acceptors (Lipinski definition) is 6. The van der Waals surface area contributed by atoms with E-state index < -0.39 is 11.7 Å². The predicted octanol–water partition coefficient (Wildman–Crippen LogP) is 4.93. The SMILES string of the molecule is COCOc1cc2oc(-c3ccccc3)cc(=O)c2c2c1C[C@H]1C(C)(C)[C@@H](O)CC[C@]1(C)O2. The van der Waals surface area contributed by atoms with Crippen molar-refractivity contribution in [2.75, 3.05) is 13.9 Å². The Hall–Kier alpha value is -2.83. The van der Waals surface area contributed by atoms with Crippen LogP contribution in [0.5, 0.6) is 11.5 Å². The van der Waals surface area contributed by atoms with Gasteiger partial charge in [-0.25, -0.2) is 0 Å². The van der Waals surface area contributed by atoms with Gasteiger partial charge in [-0.1, -0.05) is 44.2 Å². The molecule has 6 heteroatoms. The molecule has 1 N–H and O–H groups in total. The van der Waals surface area contributed by atoms with Crippen molar-refractivity contribution in [3.05, 3.63) is 58.3 Å². The minimum Gasteiger partial charge on any atom is -0.486 e. The summed E-state index contributed by atoms with van der Waals surface area (Å²) >= 11 is 0. The first-order valence-corrected chi connectivity index (χ1v) is 11.4. The number of rotatable bonds is 4. The molecule has 174 valence electrons. The van der Waals surface area contributed by atoms with Gasteiger partial charge in [0.1, 0.15) is 33.8 Å². The van der Waals surface area contributed by atoms with E-state index in [0.29, 0.717) is 47.5 Å². The number of aliphatic hydroxyl groups excluding tert-OH is 1. The van der Waals surface area contributed by atoms with Crippen LogP contribution in [0.25, 0.3) is 22.3 Å². The van der Waals surface area contributed by atoms with Crippen LogP contribution in [-0.4, -0.2) is 30.7 Å². The number of benzene rings is 2. The van der Waals surface area contributed by atoms with E-state index in [1.807, 2.05) is 30.3 Å². The van der Waals surface area contributed by atoms with Gasteiger partial charge in [0.25, 0.3) is 0 Å². The monoisotopic (exact) mass is 450 g/mol. The summed E-state index contributed by atoms with van der Waals surface area (Å²) in [5, 5.41) is 11.2. The fraction of sp³-hybridized carbons (Fsp3) is 0.444. The fourth-order valence-corrected chi connectivity index (χ4v) is 5.63. The zero-order valence-corrected chi connectivity index (χ0v) is 19.5. The first kappa shape index (κ1) is 22.0. The molecular formula is C27H30O6. The first-order chi connectivity index (χ1) is 15.7. The van der Waals surface area contributed by atoms with Crippen LogP contribution in [0.15, 0.2) is 51.7 Å². The van der Waals surface area contributed by atoms with Crippen molar-refractivity contribution >= 4 is 11.0 Å². The van der Waals surface area contributed by atoms with Crippen molar-refractivity contribution in [3.63, 3.8) is 0 Å². The molecule has 1 aliphatic carbocycles. The summed E-state index contributed by atoms with van der Waals surface area (Å²) in [6.07, 6.45) is 1.58. The van der Waals surface area contributed by atoms with E-state index in [0.717, 1.165) is 11.1 Å². The standard InChI is InChI=1S/C27H30O6/c1-26(2)22-12-17-20(31-15-30-4)14-21-24(25(17)33-27(22,3)11-10-23(26)29)18(28)13-19(32-21)16-8-6-5-7-9-16/h5-9,13-14,22-23,29H,10-12,15H2,1-4H3/t22-,23-,27-/m0/s1. The van der Waals surface area contributed by atoms with Crippen molar-refractivity contribution in [1.82, 2.24) is 0 Å². The van der Waals surface area contributed by atoms with E-state index in [1.165, 1.54) is 6.07 Å². The Morgan fingerprint density at radius 3 is 2.64 bits per heavy atom. The maximum absolute atomic E-state index is 13.4. The molecule has 3 atom stereocenters. The molecule has 0 radical (unpaired) electrons. The molecule has 0 spiro atoms. The van der Waals surface area contributed by atoms with Crippen LogP contribution in [0.2, 0.25) is 0 Å². The zero-order chi connectivity index (χ0) is 23.4. The Balaban J connectivity index is 1.72. The van der Waals surface area contributed by atoms with E-state index in [-0.39, 0.29) is 23.6 Å². The van der Waals surface area contributed by atoms with Gasteiger partial charge in [0, 0.05) is 36.3 Å². The molecule has 0 bridgehead atoms. The number of fused-ring (bicyclic) bond motifs is 4. The van der Waals surface area contributed by atoms with E-state index in [9.17, 15) is 9.90 Å². The summed E-state index contributed by atoms with van der Waals surface area (Å²) in [6, 6.07) is 12.8. The van der Waals surface area contributed by atoms with Crippen molar-refractivity contribution in [1.29, 1.82) is 0 Å². The molecule has 0 saturated heterocycles. The van der Waals surface area contributed by atoms with Crippen molar-refractivity contribution < 1.29 is 23.7 Å². The minimum atomic E-state index is -0.507. The average Bonchev–Trinajstić information content (AvgIpc) is 2.79. The molecule has 3 aromatic rings. The average molecular weight is 451 g/mol. The summed E-state index contributed by atoms with van der Waals surface area (Å²) in [4.78, 5) is 13.4. The van der Waals surface area contributed by atoms with Crippen LogP contribution in [0.4, 0.5) is 0 Å². The van der Waals surface area contributed by atoms with Gasteiger partial charge in [0.2, 0.25) is 0 Å². The van der Waals surface area contributed by atoms with Gasteiger partial charge in [-0.15, -0.1) is 0 Å². The predicted molar refractivity (Wildman–Crippen MR) is 126 cm³/mol.